The van der Waals surface area contributed by atoms with Crippen LogP contribution in [0.4, 0.5) is 5.13 Å². The molecule has 1 aromatic heterocycles. The van der Waals surface area contributed by atoms with Crippen LogP contribution in [0.15, 0.2) is 30.3 Å². The Labute approximate surface area is 112 Å². The van der Waals surface area contributed by atoms with E-state index in [4.69, 9.17) is 4.98 Å². The Kier molecular flexibility index (Phi) is 3.33. The second-order valence-corrected chi connectivity index (χ2v) is 5.89. The minimum Gasteiger partial charge on any atom is -0.357 e. The molecule has 0 saturated carbocycles. The first-order valence-electron chi connectivity index (χ1n) is 6.64. The van der Waals surface area contributed by atoms with Crippen LogP contribution in [-0.2, 0) is 13.0 Å². The summed E-state index contributed by atoms with van der Waals surface area (Å²) in [6.45, 7) is 3.13. The molecule has 1 aliphatic carbocycles. The summed E-state index contributed by atoms with van der Waals surface area (Å²) in [5.74, 6) is 0.698. The Morgan fingerprint density at radius 3 is 2.94 bits per heavy atom. The fourth-order valence-corrected chi connectivity index (χ4v) is 3.61. The molecule has 18 heavy (non-hydrogen) atoms. The lowest BCUT2D eigenvalue weighted by molar-refractivity contribution is 0.643. The molecule has 1 aliphatic rings. The zero-order valence-electron chi connectivity index (χ0n) is 10.6. The van der Waals surface area contributed by atoms with Gasteiger partial charge in [0.2, 0.25) is 0 Å². The van der Waals surface area contributed by atoms with Gasteiger partial charge >= 0.3 is 0 Å². The van der Waals surface area contributed by atoms with Crippen LogP contribution < -0.4 is 5.32 Å². The topological polar surface area (TPSA) is 24.9 Å². The summed E-state index contributed by atoms with van der Waals surface area (Å²) in [7, 11) is 0. The van der Waals surface area contributed by atoms with E-state index in [2.05, 4.69) is 36.5 Å². The first kappa shape index (κ1) is 11.7. The molecule has 0 fully saturated rings. The van der Waals surface area contributed by atoms with Crippen molar-refractivity contribution in [2.24, 2.45) is 0 Å². The summed E-state index contributed by atoms with van der Waals surface area (Å²) in [6, 6.07) is 10.5. The zero-order chi connectivity index (χ0) is 12.4. The predicted molar refractivity (Wildman–Crippen MR) is 77.2 cm³/mol. The van der Waals surface area contributed by atoms with Gasteiger partial charge in [-0.2, -0.15) is 0 Å². The highest BCUT2D eigenvalue weighted by atomic mass is 32.1. The van der Waals surface area contributed by atoms with Crippen molar-refractivity contribution in [2.45, 2.75) is 38.6 Å². The van der Waals surface area contributed by atoms with E-state index in [0.29, 0.717) is 5.92 Å². The number of rotatable bonds is 4. The van der Waals surface area contributed by atoms with Crippen LogP contribution in [0.2, 0.25) is 0 Å². The summed E-state index contributed by atoms with van der Waals surface area (Å²) in [6.07, 6.45) is 3.73. The van der Waals surface area contributed by atoms with Gasteiger partial charge < -0.3 is 5.32 Å². The average molecular weight is 258 g/mol. The number of aromatic nitrogens is 1. The maximum atomic E-state index is 4.77. The highest BCUT2D eigenvalue weighted by molar-refractivity contribution is 7.15. The van der Waals surface area contributed by atoms with E-state index < -0.39 is 0 Å². The molecule has 0 aliphatic heterocycles. The second kappa shape index (κ2) is 5.11. The molecule has 94 valence electrons. The molecule has 0 spiro atoms. The van der Waals surface area contributed by atoms with Crippen molar-refractivity contribution in [3.05, 3.63) is 46.5 Å². The van der Waals surface area contributed by atoms with Crippen LogP contribution >= 0.6 is 11.3 Å². The molecule has 3 heteroatoms. The molecule has 1 aromatic carbocycles. The molecule has 1 heterocycles. The third-order valence-corrected chi connectivity index (χ3v) is 4.70. The van der Waals surface area contributed by atoms with Gasteiger partial charge in [0.15, 0.2) is 5.13 Å². The predicted octanol–water partition coefficient (Wildman–Crippen LogP) is 4.20. The molecule has 0 bridgehead atoms. The molecule has 2 aromatic rings. The van der Waals surface area contributed by atoms with Crippen molar-refractivity contribution in [1.82, 2.24) is 4.98 Å². The van der Waals surface area contributed by atoms with E-state index in [1.165, 1.54) is 35.4 Å². The standard InChI is InChI=1S/C15H18N2S/c1-2-12-8-9-13-14(12)17-15(18-13)16-10-11-6-4-3-5-7-11/h3-7,12H,2,8-10H2,1H3,(H,16,17). The molecule has 1 unspecified atom stereocenters. The van der Waals surface area contributed by atoms with E-state index in [1.54, 1.807) is 0 Å². The minimum atomic E-state index is 0.698. The monoisotopic (exact) mass is 258 g/mol. The van der Waals surface area contributed by atoms with E-state index in [9.17, 15) is 0 Å². The van der Waals surface area contributed by atoms with E-state index >= 15 is 0 Å². The lowest BCUT2D eigenvalue weighted by atomic mass is 10.1. The summed E-state index contributed by atoms with van der Waals surface area (Å²) < 4.78 is 0. The van der Waals surface area contributed by atoms with Gasteiger partial charge in [0, 0.05) is 17.3 Å². The number of benzene rings is 1. The largest absolute Gasteiger partial charge is 0.357 e. The Morgan fingerprint density at radius 2 is 2.17 bits per heavy atom. The number of hydrogen-bond donors (Lipinski definition) is 1. The van der Waals surface area contributed by atoms with Crippen LogP contribution in [0.1, 0.15) is 41.8 Å². The number of nitrogens with one attached hydrogen (secondary N) is 1. The third-order valence-electron chi connectivity index (χ3n) is 3.61. The van der Waals surface area contributed by atoms with Crippen LogP contribution in [0, 0.1) is 0 Å². The smallest absolute Gasteiger partial charge is 0.183 e. The van der Waals surface area contributed by atoms with Crippen LogP contribution in [0.25, 0.3) is 0 Å². The third kappa shape index (κ3) is 2.27. The maximum Gasteiger partial charge on any atom is 0.183 e. The van der Waals surface area contributed by atoms with Crippen LogP contribution in [0.5, 0.6) is 0 Å². The first-order chi connectivity index (χ1) is 8.86. The van der Waals surface area contributed by atoms with Gasteiger partial charge in [-0.1, -0.05) is 37.3 Å². The minimum absolute atomic E-state index is 0.698. The molecule has 1 atom stereocenters. The van der Waals surface area contributed by atoms with Gasteiger partial charge in [-0.3, -0.25) is 0 Å². The van der Waals surface area contributed by atoms with Gasteiger partial charge in [0.25, 0.3) is 0 Å². The molecule has 0 radical (unpaired) electrons. The van der Waals surface area contributed by atoms with Gasteiger partial charge in [0.1, 0.15) is 0 Å². The van der Waals surface area contributed by atoms with Crippen molar-refractivity contribution < 1.29 is 0 Å². The van der Waals surface area contributed by atoms with Gasteiger partial charge in [-0.25, -0.2) is 4.98 Å². The summed E-state index contributed by atoms with van der Waals surface area (Å²) in [4.78, 5) is 6.26. The summed E-state index contributed by atoms with van der Waals surface area (Å²) in [5.41, 5.74) is 2.66. The van der Waals surface area contributed by atoms with Gasteiger partial charge in [-0.15, -0.1) is 11.3 Å². The van der Waals surface area contributed by atoms with Crippen molar-refractivity contribution in [1.29, 1.82) is 0 Å². The van der Waals surface area contributed by atoms with Crippen molar-refractivity contribution in [3.8, 4) is 0 Å². The number of anilines is 1. The number of nitrogens with zero attached hydrogens (tertiary/aromatic N) is 1. The highest BCUT2D eigenvalue weighted by Gasteiger charge is 2.25. The number of hydrogen-bond acceptors (Lipinski definition) is 3. The molecule has 0 amide bonds. The number of fused-ring (bicyclic) bond motifs is 1. The lowest BCUT2D eigenvalue weighted by Crippen LogP contribution is -1.99. The van der Waals surface area contributed by atoms with Gasteiger partial charge in [0.05, 0.1) is 5.69 Å². The Hall–Kier alpha value is -1.35. The molecular weight excluding hydrogens is 240 g/mol. The van der Waals surface area contributed by atoms with Crippen LogP contribution in [-0.4, -0.2) is 4.98 Å². The normalized spacial score (nSPS) is 17.7. The van der Waals surface area contributed by atoms with E-state index in [1.807, 2.05) is 17.4 Å². The average Bonchev–Trinajstić information content (AvgIpc) is 2.97. The van der Waals surface area contributed by atoms with E-state index in [0.717, 1.165) is 11.7 Å². The summed E-state index contributed by atoms with van der Waals surface area (Å²) in [5, 5.41) is 4.53. The van der Waals surface area contributed by atoms with Crippen molar-refractivity contribution in [3.63, 3.8) is 0 Å². The molecular formula is C15H18N2S. The number of aryl methyl sites for hydroxylation is 1. The fourth-order valence-electron chi connectivity index (χ4n) is 2.55. The molecule has 1 N–H and O–H groups in total. The Morgan fingerprint density at radius 1 is 1.33 bits per heavy atom. The molecule has 0 saturated heterocycles. The number of thiazole rings is 1. The van der Waals surface area contributed by atoms with Crippen LogP contribution in [0.3, 0.4) is 0 Å². The molecule has 3 rings (SSSR count). The molecule has 2 nitrogen and oxygen atoms in total. The fraction of sp³-hybridized carbons (Fsp3) is 0.400. The maximum absolute atomic E-state index is 4.77. The highest BCUT2D eigenvalue weighted by Crippen LogP contribution is 2.39. The quantitative estimate of drug-likeness (QED) is 0.889. The second-order valence-electron chi connectivity index (χ2n) is 4.81. The summed E-state index contributed by atoms with van der Waals surface area (Å²) >= 11 is 1.84. The van der Waals surface area contributed by atoms with Crippen molar-refractivity contribution in [2.75, 3.05) is 5.32 Å². The zero-order valence-corrected chi connectivity index (χ0v) is 11.5. The SMILES string of the molecule is CCC1CCc2sc(NCc3ccccc3)nc21. The first-order valence-corrected chi connectivity index (χ1v) is 7.46. The van der Waals surface area contributed by atoms with Gasteiger partial charge in [-0.05, 0) is 24.8 Å². The van der Waals surface area contributed by atoms with Crippen molar-refractivity contribution >= 4 is 16.5 Å². The Bertz CT molecular complexity index is 519. The Balaban J connectivity index is 1.68. The lowest BCUT2D eigenvalue weighted by Gasteiger charge is -2.05. The van der Waals surface area contributed by atoms with E-state index in [-0.39, 0.29) is 0 Å².